The molecule has 2 aliphatic heterocycles. The van der Waals surface area contributed by atoms with Crippen LogP contribution in [0.5, 0.6) is 0 Å². The third-order valence-corrected chi connectivity index (χ3v) is 4.91. The van der Waals surface area contributed by atoms with E-state index in [1.807, 2.05) is 23.1 Å². The molecule has 106 valence electrons. The highest BCUT2D eigenvalue weighted by atomic mass is 32.2. The maximum Gasteiger partial charge on any atom is 0.282 e. The molecule has 0 saturated carbocycles. The van der Waals surface area contributed by atoms with Crippen LogP contribution in [0.2, 0.25) is 0 Å². The molecule has 0 bridgehead atoms. The van der Waals surface area contributed by atoms with Crippen LogP contribution in [0.25, 0.3) is 0 Å². The molecule has 2 aliphatic rings. The van der Waals surface area contributed by atoms with E-state index in [0.717, 1.165) is 24.4 Å². The van der Waals surface area contributed by atoms with Crippen molar-refractivity contribution < 1.29 is 9.59 Å². The van der Waals surface area contributed by atoms with Crippen molar-refractivity contribution in [2.45, 2.75) is 19.3 Å². The molecule has 1 fully saturated rings. The third kappa shape index (κ3) is 2.42. The number of thioether (sulfide) groups is 1. The van der Waals surface area contributed by atoms with Crippen molar-refractivity contribution in [3.8, 4) is 0 Å². The highest BCUT2D eigenvalue weighted by Gasteiger charge is 2.29. The predicted octanol–water partition coefficient (Wildman–Crippen LogP) is 2.70. The molecule has 2 amide bonds. The summed E-state index contributed by atoms with van der Waals surface area (Å²) in [5.41, 5.74) is 2.24. The fraction of sp³-hybridized carbons (Fsp3) is 0.467. The Morgan fingerprint density at radius 1 is 1.35 bits per heavy atom. The molecule has 0 aromatic heterocycles. The van der Waals surface area contributed by atoms with Crippen LogP contribution in [-0.4, -0.2) is 41.4 Å². The monoisotopic (exact) mass is 290 g/mol. The molecular formula is C15H18N2O2S. The summed E-state index contributed by atoms with van der Waals surface area (Å²) in [7, 11) is 0. The van der Waals surface area contributed by atoms with Crippen LogP contribution in [0.15, 0.2) is 24.3 Å². The van der Waals surface area contributed by atoms with Crippen LogP contribution in [0.1, 0.15) is 24.8 Å². The number of amides is 2. The molecule has 2 heterocycles. The Balaban J connectivity index is 1.79. The van der Waals surface area contributed by atoms with Gasteiger partial charge in [-0.05, 0) is 24.0 Å². The zero-order valence-electron chi connectivity index (χ0n) is 11.5. The molecule has 5 heteroatoms. The van der Waals surface area contributed by atoms with Gasteiger partial charge in [-0.1, -0.05) is 36.9 Å². The van der Waals surface area contributed by atoms with E-state index in [9.17, 15) is 9.59 Å². The van der Waals surface area contributed by atoms with Gasteiger partial charge < -0.3 is 9.80 Å². The lowest BCUT2D eigenvalue weighted by Gasteiger charge is -2.33. The van der Waals surface area contributed by atoms with Gasteiger partial charge in [-0.3, -0.25) is 9.59 Å². The summed E-state index contributed by atoms with van der Waals surface area (Å²) >= 11 is 1.30. The van der Waals surface area contributed by atoms with Gasteiger partial charge in [0.25, 0.3) is 5.24 Å². The van der Waals surface area contributed by atoms with Gasteiger partial charge >= 0.3 is 0 Å². The lowest BCUT2D eigenvalue weighted by atomic mass is 9.91. The molecule has 1 aromatic carbocycles. The first-order chi connectivity index (χ1) is 9.66. The molecule has 1 aromatic rings. The number of para-hydroxylation sites is 1. The molecule has 0 spiro atoms. The van der Waals surface area contributed by atoms with Crippen LogP contribution in [0, 0.1) is 0 Å². The summed E-state index contributed by atoms with van der Waals surface area (Å²) in [4.78, 5) is 27.6. The summed E-state index contributed by atoms with van der Waals surface area (Å²) in [6.07, 6.45) is 0.978. The van der Waals surface area contributed by atoms with E-state index in [1.54, 1.807) is 4.90 Å². The first-order valence-corrected chi connectivity index (χ1v) is 7.96. The summed E-state index contributed by atoms with van der Waals surface area (Å²) < 4.78 is 0. The van der Waals surface area contributed by atoms with E-state index in [-0.39, 0.29) is 17.7 Å². The van der Waals surface area contributed by atoms with Crippen molar-refractivity contribution in [1.29, 1.82) is 0 Å². The minimum absolute atomic E-state index is 0.0250. The number of carbonyl (C=O) groups excluding carboxylic acids is 2. The van der Waals surface area contributed by atoms with E-state index in [4.69, 9.17) is 0 Å². The van der Waals surface area contributed by atoms with E-state index in [0.29, 0.717) is 12.5 Å². The molecular weight excluding hydrogens is 272 g/mol. The number of fused-ring (bicyclic) bond motifs is 1. The normalized spacial score (nSPS) is 22.1. The van der Waals surface area contributed by atoms with Gasteiger partial charge in [0, 0.05) is 24.5 Å². The Kier molecular flexibility index (Phi) is 3.70. The lowest BCUT2D eigenvalue weighted by Crippen LogP contribution is -2.43. The maximum atomic E-state index is 12.5. The molecule has 0 aliphatic carbocycles. The number of carbonyl (C=O) groups is 2. The fourth-order valence-corrected chi connectivity index (χ4v) is 3.65. The van der Waals surface area contributed by atoms with Crippen molar-refractivity contribution in [3.63, 3.8) is 0 Å². The second-order valence-electron chi connectivity index (χ2n) is 5.33. The summed E-state index contributed by atoms with van der Waals surface area (Å²) in [5, 5.41) is 0.0250. The number of hydrogen-bond acceptors (Lipinski definition) is 3. The minimum Gasteiger partial charge on any atom is -0.323 e. The lowest BCUT2D eigenvalue weighted by molar-refractivity contribution is -0.119. The van der Waals surface area contributed by atoms with Gasteiger partial charge in [-0.15, -0.1) is 0 Å². The Morgan fingerprint density at radius 3 is 2.90 bits per heavy atom. The molecule has 0 unspecified atom stereocenters. The summed E-state index contributed by atoms with van der Waals surface area (Å²) in [6.45, 7) is 3.82. The number of benzene rings is 1. The SMILES string of the molecule is C[C@H]1CCN(C(=O)CN2CCSC2=O)c2ccccc21. The minimum atomic E-state index is 0.0250. The van der Waals surface area contributed by atoms with Crippen molar-refractivity contribution in [2.75, 3.05) is 30.3 Å². The molecule has 0 radical (unpaired) electrons. The van der Waals surface area contributed by atoms with E-state index in [1.165, 1.54) is 17.3 Å². The zero-order chi connectivity index (χ0) is 14.1. The number of anilines is 1. The van der Waals surface area contributed by atoms with Gasteiger partial charge in [0.15, 0.2) is 0 Å². The number of hydrogen-bond donors (Lipinski definition) is 0. The highest BCUT2D eigenvalue weighted by Crippen LogP contribution is 2.34. The molecule has 3 rings (SSSR count). The Hall–Kier alpha value is -1.49. The van der Waals surface area contributed by atoms with E-state index < -0.39 is 0 Å². The summed E-state index contributed by atoms with van der Waals surface area (Å²) in [5.74, 6) is 1.30. The van der Waals surface area contributed by atoms with Crippen LogP contribution >= 0.6 is 11.8 Å². The average molecular weight is 290 g/mol. The van der Waals surface area contributed by atoms with Gasteiger partial charge in [0.2, 0.25) is 5.91 Å². The third-order valence-electron chi connectivity index (χ3n) is 4.02. The first kappa shape index (κ1) is 13.5. The standard InChI is InChI=1S/C15H18N2O2S/c1-11-6-7-17(13-5-3-2-4-12(11)13)14(18)10-16-8-9-20-15(16)19/h2-5,11H,6-10H2,1H3/t11-/m0/s1. The van der Waals surface area contributed by atoms with Crippen molar-refractivity contribution in [3.05, 3.63) is 29.8 Å². The Bertz CT molecular complexity index is 546. The van der Waals surface area contributed by atoms with Gasteiger partial charge in [-0.2, -0.15) is 0 Å². The number of rotatable bonds is 2. The smallest absolute Gasteiger partial charge is 0.282 e. The largest absolute Gasteiger partial charge is 0.323 e. The molecule has 1 saturated heterocycles. The van der Waals surface area contributed by atoms with Crippen LogP contribution in [0.3, 0.4) is 0 Å². The van der Waals surface area contributed by atoms with Crippen molar-refractivity contribution >= 4 is 28.6 Å². The summed E-state index contributed by atoms with van der Waals surface area (Å²) in [6, 6.07) is 8.08. The Morgan fingerprint density at radius 2 is 2.15 bits per heavy atom. The van der Waals surface area contributed by atoms with Crippen LogP contribution in [0.4, 0.5) is 10.5 Å². The number of nitrogens with zero attached hydrogens (tertiary/aromatic N) is 2. The van der Waals surface area contributed by atoms with Crippen LogP contribution < -0.4 is 4.90 Å². The van der Waals surface area contributed by atoms with Crippen molar-refractivity contribution in [2.24, 2.45) is 0 Å². The topological polar surface area (TPSA) is 40.6 Å². The van der Waals surface area contributed by atoms with Gasteiger partial charge in [-0.25, -0.2) is 0 Å². The Labute approximate surface area is 123 Å². The zero-order valence-corrected chi connectivity index (χ0v) is 12.4. The quantitative estimate of drug-likeness (QED) is 0.841. The van der Waals surface area contributed by atoms with Gasteiger partial charge in [0.1, 0.15) is 6.54 Å². The van der Waals surface area contributed by atoms with Gasteiger partial charge in [0.05, 0.1) is 0 Å². The molecule has 4 nitrogen and oxygen atoms in total. The first-order valence-electron chi connectivity index (χ1n) is 6.98. The highest BCUT2D eigenvalue weighted by molar-refractivity contribution is 8.13. The predicted molar refractivity (Wildman–Crippen MR) is 81.3 cm³/mol. The molecule has 0 N–H and O–H groups in total. The van der Waals surface area contributed by atoms with E-state index >= 15 is 0 Å². The second kappa shape index (κ2) is 5.48. The van der Waals surface area contributed by atoms with Crippen molar-refractivity contribution in [1.82, 2.24) is 4.90 Å². The molecule has 20 heavy (non-hydrogen) atoms. The average Bonchev–Trinajstić information content (AvgIpc) is 2.85. The maximum absolute atomic E-state index is 12.5. The van der Waals surface area contributed by atoms with Crippen LogP contribution in [-0.2, 0) is 4.79 Å². The van der Waals surface area contributed by atoms with E-state index in [2.05, 4.69) is 13.0 Å². The second-order valence-corrected chi connectivity index (χ2v) is 6.38. The fourth-order valence-electron chi connectivity index (χ4n) is 2.83. The molecule has 1 atom stereocenters.